The van der Waals surface area contributed by atoms with E-state index in [1.807, 2.05) is 0 Å². The number of hydrogen-bond donors (Lipinski definition) is 0. The number of carboxylic acid groups (broad SMARTS) is 1. The van der Waals surface area contributed by atoms with E-state index in [2.05, 4.69) is 41.7 Å². The highest BCUT2D eigenvalue weighted by Gasteiger charge is 2.03. The van der Waals surface area contributed by atoms with Crippen LogP contribution in [0.4, 0.5) is 0 Å². The molecule has 0 saturated heterocycles. The van der Waals surface area contributed by atoms with Gasteiger partial charge in [0.25, 0.3) is 0 Å². The molecular formula is C35H68N2O2. The van der Waals surface area contributed by atoms with Crippen LogP contribution in [-0.4, -0.2) is 10.5 Å². The molecule has 1 aromatic heterocycles. The standard InChI is InChI=1S/C33H65N2.C2H4O2/c1-3-5-7-9-11-13-15-16-17-18-19-20-22-24-26-28-30-35-32-31-34(33-35)29-27-25-23-21-14-12-10-8-6-4-2;1-2(3)4/h31-33H,3-30H2,1-2H3;1H3,(H,3,4)/q+1;/p-1. The summed E-state index contributed by atoms with van der Waals surface area (Å²) in [6.45, 7) is 7.97. The molecular weight excluding hydrogens is 480 g/mol. The van der Waals surface area contributed by atoms with E-state index in [0.717, 1.165) is 6.92 Å². The van der Waals surface area contributed by atoms with E-state index < -0.39 is 5.97 Å². The van der Waals surface area contributed by atoms with E-state index in [4.69, 9.17) is 9.90 Å². The van der Waals surface area contributed by atoms with Crippen LogP contribution < -0.4 is 9.67 Å². The Bertz CT molecular complexity index is 610. The second-order valence-corrected chi connectivity index (χ2v) is 11.9. The highest BCUT2D eigenvalue weighted by molar-refractivity contribution is 5.60. The molecule has 0 aliphatic rings. The van der Waals surface area contributed by atoms with Crippen LogP contribution in [0.15, 0.2) is 18.7 Å². The Kier molecular flexibility index (Phi) is 30.2. The van der Waals surface area contributed by atoms with E-state index in [-0.39, 0.29) is 0 Å². The molecule has 0 aliphatic heterocycles. The van der Waals surface area contributed by atoms with Crippen LogP contribution >= 0.6 is 0 Å². The van der Waals surface area contributed by atoms with Gasteiger partial charge in [-0.15, -0.1) is 0 Å². The fraction of sp³-hybridized carbons (Fsp3) is 0.886. The van der Waals surface area contributed by atoms with Crippen molar-refractivity contribution in [1.82, 2.24) is 4.57 Å². The van der Waals surface area contributed by atoms with Crippen LogP contribution in [0, 0.1) is 0 Å². The van der Waals surface area contributed by atoms with Gasteiger partial charge in [-0.05, 0) is 32.6 Å². The summed E-state index contributed by atoms with van der Waals surface area (Å²) in [5, 5.41) is 8.89. The molecule has 0 aliphatic carbocycles. The lowest BCUT2D eigenvalue weighted by molar-refractivity contribution is -0.696. The van der Waals surface area contributed by atoms with Crippen molar-refractivity contribution in [3.63, 3.8) is 0 Å². The van der Waals surface area contributed by atoms with Crippen molar-refractivity contribution in [2.45, 2.75) is 201 Å². The number of carboxylic acids is 1. The molecule has 0 bridgehead atoms. The largest absolute Gasteiger partial charge is 0.550 e. The number of nitrogens with zero attached hydrogens (tertiary/aromatic N) is 2. The number of carbonyl (C=O) groups is 1. The molecule has 0 unspecified atom stereocenters. The number of aromatic nitrogens is 2. The van der Waals surface area contributed by atoms with Gasteiger partial charge in [0.2, 0.25) is 6.33 Å². The summed E-state index contributed by atoms with van der Waals surface area (Å²) in [4.78, 5) is 8.89. The molecule has 0 N–H and O–H groups in total. The SMILES string of the molecule is CC(=O)[O-].CCCCCCCCCCCCCCCCCCn1cc[n+](CCCCCCCCCCCC)c1. The van der Waals surface area contributed by atoms with E-state index >= 15 is 0 Å². The van der Waals surface area contributed by atoms with Crippen LogP contribution in [0.2, 0.25) is 0 Å². The third-order valence-corrected chi connectivity index (χ3v) is 7.79. The van der Waals surface area contributed by atoms with Gasteiger partial charge in [0, 0.05) is 5.97 Å². The summed E-state index contributed by atoms with van der Waals surface area (Å²) in [6, 6.07) is 0. The van der Waals surface area contributed by atoms with Crippen molar-refractivity contribution < 1.29 is 14.5 Å². The Morgan fingerprint density at radius 3 is 1.23 bits per heavy atom. The van der Waals surface area contributed by atoms with E-state index in [0.29, 0.717) is 0 Å². The number of aryl methyl sites for hydroxylation is 2. The van der Waals surface area contributed by atoms with Gasteiger partial charge in [-0.25, -0.2) is 9.13 Å². The van der Waals surface area contributed by atoms with E-state index in [9.17, 15) is 0 Å². The predicted octanol–water partition coefficient (Wildman–Crippen LogP) is 9.71. The zero-order valence-electron chi connectivity index (χ0n) is 26.7. The van der Waals surface area contributed by atoms with Crippen molar-refractivity contribution >= 4 is 5.97 Å². The minimum atomic E-state index is -1.08. The number of carbonyl (C=O) groups excluding carboxylic acids is 1. The number of aliphatic carboxylic acids is 1. The maximum atomic E-state index is 8.89. The van der Waals surface area contributed by atoms with Crippen LogP contribution in [0.5, 0.6) is 0 Å². The van der Waals surface area contributed by atoms with Gasteiger partial charge in [-0.2, -0.15) is 0 Å². The first kappa shape index (κ1) is 37.7. The number of imidazole rings is 1. The van der Waals surface area contributed by atoms with Gasteiger partial charge in [-0.1, -0.05) is 155 Å². The van der Waals surface area contributed by atoms with Gasteiger partial charge in [0.1, 0.15) is 12.4 Å². The van der Waals surface area contributed by atoms with Crippen LogP contribution in [0.3, 0.4) is 0 Å². The molecule has 0 aromatic carbocycles. The van der Waals surface area contributed by atoms with E-state index in [1.54, 1.807) is 0 Å². The molecule has 230 valence electrons. The van der Waals surface area contributed by atoms with Crippen molar-refractivity contribution in [2.24, 2.45) is 0 Å². The van der Waals surface area contributed by atoms with Crippen LogP contribution in [0.25, 0.3) is 0 Å². The lowest BCUT2D eigenvalue weighted by Crippen LogP contribution is -2.30. The highest BCUT2D eigenvalue weighted by atomic mass is 16.4. The zero-order valence-corrected chi connectivity index (χ0v) is 26.7. The maximum Gasteiger partial charge on any atom is 0.243 e. The molecule has 4 heteroatoms. The lowest BCUT2D eigenvalue weighted by Gasteiger charge is -2.03. The minimum Gasteiger partial charge on any atom is -0.550 e. The summed E-state index contributed by atoms with van der Waals surface area (Å²) < 4.78 is 4.80. The molecule has 1 heterocycles. The molecule has 0 fully saturated rings. The maximum absolute atomic E-state index is 8.89. The van der Waals surface area contributed by atoms with Gasteiger partial charge in [-0.3, -0.25) is 0 Å². The van der Waals surface area contributed by atoms with Crippen LogP contribution in [-0.2, 0) is 17.9 Å². The summed E-state index contributed by atoms with van der Waals surface area (Å²) in [6.07, 6.45) is 44.2. The monoisotopic (exact) mass is 549 g/mol. The molecule has 0 amide bonds. The predicted molar refractivity (Wildman–Crippen MR) is 167 cm³/mol. The molecule has 0 radical (unpaired) electrons. The summed E-state index contributed by atoms with van der Waals surface area (Å²) in [7, 11) is 0. The summed E-state index contributed by atoms with van der Waals surface area (Å²) in [5.41, 5.74) is 0. The van der Waals surface area contributed by atoms with Gasteiger partial charge in [0.15, 0.2) is 0 Å². The first-order valence-electron chi connectivity index (χ1n) is 17.3. The lowest BCUT2D eigenvalue weighted by atomic mass is 10.0. The van der Waals surface area contributed by atoms with Crippen molar-refractivity contribution in [3.8, 4) is 0 Å². The molecule has 39 heavy (non-hydrogen) atoms. The fourth-order valence-electron chi connectivity index (χ4n) is 5.33. The molecule has 0 spiro atoms. The number of hydrogen-bond acceptors (Lipinski definition) is 2. The molecule has 0 atom stereocenters. The molecule has 1 rings (SSSR count). The smallest absolute Gasteiger partial charge is 0.243 e. The normalized spacial score (nSPS) is 10.9. The number of unbranched alkanes of at least 4 members (excludes halogenated alkanes) is 24. The second-order valence-electron chi connectivity index (χ2n) is 11.9. The average molecular weight is 549 g/mol. The van der Waals surface area contributed by atoms with Gasteiger partial charge in [0.05, 0.1) is 13.1 Å². The van der Waals surface area contributed by atoms with Crippen molar-refractivity contribution in [1.29, 1.82) is 0 Å². The Labute approximate surface area is 244 Å². The Morgan fingerprint density at radius 2 is 0.872 bits per heavy atom. The van der Waals surface area contributed by atoms with Gasteiger partial charge < -0.3 is 9.90 Å². The Morgan fingerprint density at radius 1 is 0.564 bits per heavy atom. The summed E-state index contributed by atoms with van der Waals surface area (Å²) >= 11 is 0. The fourth-order valence-corrected chi connectivity index (χ4v) is 5.33. The second kappa shape index (κ2) is 31.2. The Hall–Kier alpha value is -1.32. The van der Waals surface area contributed by atoms with Crippen LogP contribution in [0.1, 0.15) is 188 Å². The highest BCUT2D eigenvalue weighted by Crippen LogP contribution is 2.14. The molecule has 0 saturated carbocycles. The zero-order chi connectivity index (χ0) is 28.7. The number of rotatable bonds is 28. The average Bonchev–Trinajstić information content (AvgIpc) is 3.36. The topological polar surface area (TPSA) is 48.9 Å². The first-order valence-corrected chi connectivity index (χ1v) is 17.3. The molecule has 4 nitrogen and oxygen atoms in total. The minimum absolute atomic E-state index is 0.972. The van der Waals surface area contributed by atoms with E-state index in [1.165, 1.54) is 180 Å². The van der Waals surface area contributed by atoms with Crippen molar-refractivity contribution in [2.75, 3.05) is 0 Å². The third-order valence-electron chi connectivity index (χ3n) is 7.79. The first-order chi connectivity index (χ1) is 19.1. The summed E-state index contributed by atoms with van der Waals surface area (Å²) in [5.74, 6) is -1.08. The Balaban J connectivity index is 0.00000336. The van der Waals surface area contributed by atoms with Crippen molar-refractivity contribution in [3.05, 3.63) is 18.7 Å². The molecule has 1 aromatic rings. The third kappa shape index (κ3) is 31.1. The quantitative estimate of drug-likeness (QED) is 0.0773. The van der Waals surface area contributed by atoms with Gasteiger partial charge >= 0.3 is 0 Å².